The molecule has 0 aliphatic heterocycles. The highest BCUT2D eigenvalue weighted by atomic mass is 79.9. The van der Waals surface area contributed by atoms with Gasteiger partial charge in [0.1, 0.15) is 0 Å². The van der Waals surface area contributed by atoms with Crippen LogP contribution >= 0.6 is 15.9 Å². The largest absolute Gasteiger partial charge is 0.351 e. The number of aromatic amines is 1. The molecular formula is C11H13BrN4O. The fourth-order valence-electron chi connectivity index (χ4n) is 1.55. The molecule has 2 aromatic rings. The summed E-state index contributed by atoms with van der Waals surface area (Å²) < 4.78 is 0.919. The van der Waals surface area contributed by atoms with Crippen molar-refractivity contribution in [3.8, 4) is 0 Å². The molecule has 0 aliphatic rings. The number of amides is 1. The highest BCUT2D eigenvalue weighted by Gasteiger charge is 2.13. The quantitative estimate of drug-likeness (QED) is 0.746. The van der Waals surface area contributed by atoms with E-state index in [4.69, 9.17) is 5.73 Å². The van der Waals surface area contributed by atoms with E-state index in [0.717, 1.165) is 21.8 Å². The number of hydrogen-bond donors (Lipinski definition) is 3. The average molecular weight is 297 g/mol. The van der Waals surface area contributed by atoms with Gasteiger partial charge in [0, 0.05) is 16.4 Å². The maximum absolute atomic E-state index is 11.9. The molecule has 0 fully saturated rings. The lowest BCUT2D eigenvalue weighted by atomic mass is 10.2. The van der Waals surface area contributed by atoms with Gasteiger partial charge in [-0.25, -0.2) is 0 Å². The van der Waals surface area contributed by atoms with Crippen molar-refractivity contribution >= 4 is 32.7 Å². The Balaban J connectivity index is 2.23. The minimum Gasteiger partial charge on any atom is -0.351 e. The molecule has 0 saturated heterocycles. The molecule has 5 nitrogen and oxygen atoms in total. The summed E-state index contributed by atoms with van der Waals surface area (Å²) >= 11 is 3.37. The van der Waals surface area contributed by atoms with E-state index in [9.17, 15) is 4.79 Å². The van der Waals surface area contributed by atoms with Crippen LogP contribution in [0, 0.1) is 0 Å². The molecule has 0 radical (unpaired) electrons. The lowest BCUT2D eigenvalue weighted by Crippen LogP contribution is -2.26. The van der Waals surface area contributed by atoms with Crippen LogP contribution in [0.2, 0.25) is 0 Å². The summed E-state index contributed by atoms with van der Waals surface area (Å²) in [7, 11) is 0. The van der Waals surface area contributed by atoms with Crippen molar-refractivity contribution in [3.63, 3.8) is 0 Å². The van der Waals surface area contributed by atoms with Gasteiger partial charge in [0.25, 0.3) is 5.91 Å². The lowest BCUT2D eigenvalue weighted by molar-refractivity contribution is 0.0950. The average Bonchev–Trinajstić information content (AvgIpc) is 2.72. The third-order valence-corrected chi connectivity index (χ3v) is 2.90. The molecule has 90 valence electrons. The predicted molar refractivity (Wildman–Crippen MR) is 69.8 cm³/mol. The first-order valence-electron chi connectivity index (χ1n) is 5.34. The summed E-state index contributed by atoms with van der Waals surface area (Å²) in [6.07, 6.45) is 0.762. The Morgan fingerprint density at radius 1 is 1.53 bits per heavy atom. The molecule has 0 bridgehead atoms. The van der Waals surface area contributed by atoms with E-state index in [-0.39, 0.29) is 5.91 Å². The van der Waals surface area contributed by atoms with Crippen molar-refractivity contribution in [1.82, 2.24) is 15.5 Å². The number of hydrogen-bond acceptors (Lipinski definition) is 3. The number of fused-ring (bicyclic) bond motifs is 1. The van der Waals surface area contributed by atoms with Crippen molar-refractivity contribution in [2.45, 2.75) is 6.42 Å². The summed E-state index contributed by atoms with van der Waals surface area (Å²) in [5, 5.41) is 10.4. The van der Waals surface area contributed by atoms with E-state index in [0.29, 0.717) is 18.8 Å². The Morgan fingerprint density at radius 3 is 3.12 bits per heavy atom. The molecule has 1 aromatic carbocycles. The van der Waals surface area contributed by atoms with Gasteiger partial charge in [0.2, 0.25) is 0 Å². The Bertz CT molecular complexity index is 537. The zero-order chi connectivity index (χ0) is 12.3. The van der Waals surface area contributed by atoms with E-state index in [1.165, 1.54) is 0 Å². The van der Waals surface area contributed by atoms with Gasteiger partial charge in [0.15, 0.2) is 5.69 Å². The van der Waals surface area contributed by atoms with Crippen molar-refractivity contribution in [2.75, 3.05) is 13.1 Å². The number of rotatable bonds is 4. The summed E-state index contributed by atoms with van der Waals surface area (Å²) in [6.45, 7) is 1.13. The third kappa shape index (κ3) is 2.65. The molecule has 1 aromatic heterocycles. The summed E-state index contributed by atoms with van der Waals surface area (Å²) in [5.74, 6) is -0.178. The highest BCUT2D eigenvalue weighted by molar-refractivity contribution is 9.10. The molecule has 1 amide bonds. The smallest absolute Gasteiger partial charge is 0.272 e. The first-order chi connectivity index (χ1) is 8.22. The number of benzene rings is 1. The second-order valence-electron chi connectivity index (χ2n) is 3.66. The molecule has 0 spiro atoms. The molecule has 0 unspecified atom stereocenters. The monoisotopic (exact) mass is 296 g/mol. The Labute approximate surface area is 107 Å². The van der Waals surface area contributed by atoms with Crippen LogP contribution in [0.4, 0.5) is 0 Å². The zero-order valence-corrected chi connectivity index (χ0v) is 10.8. The Morgan fingerprint density at radius 2 is 2.35 bits per heavy atom. The predicted octanol–water partition coefficient (Wildman–Crippen LogP) is 1.40. The Kier molecular flexibility index (Phi) is 3.75. The molecule has 2 rings (SSSR count). The van der Waals surface area contributed by atoms with Crippen LogP contribution in [-0.2, 0) is 0 Å². The zero-order valence-electron chi connectivity index (χ0n) is 9.16. The molecule has 0 atom stereocenters. The number of aromatic nitrogens is 2. The fourth-order valence-corrected chi connectivity index (χ4v) is 1.91. The summed E-state index contributed by atoms with van der Waals surface area (Å²) in [4.78, 5) is 11.9. The normalized spacial score (nSPS) is 10.7. The second kappa shape index (κ2) is 5.29. The van der Waals surface area contributed by atoms with Crippen LogP contribution in [0.5, 0.6) is 0 Å². The van der Waals surface area contributed by atoms with Crippen molar-refractivity contribution in [2.24, 2.45) is 5.73 Å². The van der Waals surface area contributed by atoms with Crippen LogP contribution < -0.4 is 11.1 Å². The van der Waals surface area contributed by atoms with Crippen LogP contribution in [0.1, 0.15) is 16.9 Å². The first kappa shape index (κ1) is 12.1. The van der Waals surface area contributed by atoms with Crippen LogP contribution in [0.25, 0.3) is 10.9 Å². The van der Waals surface area contributed by atoms with E-state index in [2.05, 4.69) is 31.4 Å². The van der Waals surface area contributed by atoms with Crippen molar-refractivity contribution in [3.05, 3.63) is 28.4 Å². The van der Waals surface area contributed by atoms with E-state index >= 15 is 0 Å². The lowest BCUT2D eigenvalue weighted by Gasteiger charge is -2.01. The van der Waals surface area contributed by atoms with Crippen molar-refractivity contribution < 1.29 is 4.79 Å². The van der Waals surface area contributed by atoms with Gasteiger partial charge in [-0.2, -0.15) is 5.10 Å². The molecule has 0 saturated carbocycles. The number of carbonyl (C=O) groups excluding carboxylic acids is 1. The summed E-state index contributed by atoms with van der Waals surface area (Å²) in [5.41, 5.74) is 6.62. The maximum atomic E-state index is 11.9. The van der Waals surface area contributed by atoms with Gasteiger partial charge in [-0.15, -0.1) is 0 Å². The Hall–Kier alpha value is -1.40. The number of carbonyl (C=O) groups is 1. The third-order valence-electron chi connectivity index (χ3n) is 2.41. The highest BCUT2D eigenvalue weighted by Crippen LogP contribution is 2.20. The minimum atomic E-state index is -0.178. The number of halogens is 1. The fraction of sp³-hybridized carbons (Fsp3) is 0.273. The van der Waals surface area contributed by atoms with E-state index in [1.54, 1.807) is 0 Å². The molecule has 17 heavy (non-hydrogen) atoms. The number of nitrogens with one attached hydrogen (secondary N) is 2. The van der Waals surface area contributed by atoms with Crippen molar-refractivity contribution in [1.29, 1.82) is 0 Å². The second-order valence-corrected chi connectivity index (χ2v) is 4.58. The van der Waals surface area contributed by atoms with Gasteiger partial charge in [-0.1, -0.05) is 15.9 Å². The topological polar surface area (TPSA) is 83.8 Å². The number of nitrogens with zero attached hydrogens (tertiary/aromatic N) is 1. The van der Waals surface area contributed by atoms with Gasteiger partial charge >= 0.3 is 0 Å². The van der Waals surface area contributed by atoms with E-state index < -0.39 is 0 Å². The van der Waals surface area contributed by atoms with Crippen LogP contribution in [0.3, 0.4) is 0 Å². The summed E-state index contributed by atoms with van der Waals surface area (Å²) in [6, 6.07) is 5.65. The minimum absolute atomic E-state index is 0.178. The first-order valence-corrected chi connectivity index (χ1v) is 6.13. The molecular weight excluding hydrogens is 284 g/mol. The number of H-pyrrole nitrogens is 1. The SMILES string of the molecule is NCCCNC(=O)c1n[nH]c2ccc(Br)cc12. The molecule has 4 N–H and O–H groups in total. The van der Waals surface area contributed by atoms with Gasteiger partial charge in [-0.3, -0.25) is 9.89 Å². The molecule has 6 heteroatoms. The van der Waals surface area contributed by atoms with Crippen LogP contribution in [-0.4, -0.2) is 29.2 Å². The van der Waals surface area contributed by atoms with Gasteiger partial charge in [0.05, 0.1) is 5.52 Å². The standard InChI is InChI=1S/C11H13BrN4O/c12-7-2-3-9-8(6-7)10(16-15-9)11(17)14-5-1-4-13/h2-3,6H,1,4-5,13H2,(H,14,17)(H,15,16). The van der Waals surface area contributed by atoms with Gasteiger partial charge in [-0.05, 0) is 31.2 Å². The van der Waals surface area contributed by atoms with Gasteiger partial charge < -0.3 is 11.1 Å². The number of nitrogens with two attached hydrogens (primary N) is 1. The maximum Gasteiger partial charge on any atom is 0.272 e. The van der Waals surface area contributed by atoms with E-state index in [1.807, 2.05) is 18.2 Å². The van der Waals surface area contributed by atoms with Crippen LogP contribution in [0.15, 0.2) is 22.7 Å². The molecule has 0 aliphatic carbocycles. The molecule has 1 heterocycles.